The first kappa shape index (κ1) is 11.9. The predicted octanol–water partition coefficient (Wildman–Crippen LogP) is 0.750. The Balaban J connectivity index is 1.94. The van der Waals surface area contributed by atoms with Crippen LogP contribution in [0.2, 0.25) is 0 Å². The van der Waals surface area contributed by atoms with Gasteiger partial charge in [0.25, 0.3) is 0 Å². The number of carbonyl (C=O) groups is 1. The van der Waals surface area contributed by atoms with Crippen molar-refractivity contribution in [2.75, 3.05) is 13.2 Å². The molecule has 0 spiro atoms. The first-order valence-corrected chi connectivity index (χ1v) is 6.25. The molecule has 0 aliphatic carbocycles. The summed E-state index contributed by atoms with van der Waals surface area (Å²) >= 11 is 0. The van der Waals surface area contributed by atoms with Gasteiger partial charge in [-0.2, -0.15) is 0 Å². The molecule has 4 atom stereocenters. The minimum absolute atomic E-state index is 0.0757. The molecule has 2 heterocycles. The van der Waals surface area contributed by atoms with Crippen LogP contribution < -0.4 is 5.73 Å². The summed E-state index contributed by atoms with van der Waals surface area (Å²) in [5.41, 5.74) is 5.90. The van der Waals surface area contributed by atoms with E-state index in [9.17, 15) is 4.79 Å². The topological polar surface area (TPSA) is 55.6 Å². The van der Waals surface area contributed by atoms with Crippen molar-refractivity contribution in [3.05, 3.63) is 0 Å². The lowest BCUT2D eigenvalue weighted by Gasteiger charge is -2.37. The van der Waals surface area contributed by atoms with Gasteiger partial charge in [0, 0.05) is 18.6 Å². The molecule has 92 valence electrons. The van der Waals surface area contributed by atoms with Crippen LogP contribution in [0.3, 0.4) is 0 Å². The van der Waals surface area contributed by atoms with Crippen molar-refractivity contribution in [3.8, 4) is 0 Å². The van der Waals surface area contributed by atoms with Gasteiger partial charge in [0.05, 0.1) is 18.6 Å². The quantitative estimate of drug-likeness (QED) is 0.718. The van der Waals surface area contributed by atoms with Gasteiger partial charge < -0.3 is 15.4 Å². The maximum atomic E-state index is 12.3. The van der Waals surface area contributed by atoms with E-state index < -0.39 is 0 Å². The van der Waals surface area contributed by atoms with Crippen LogP contribution in [0, 0.1) is 5.92 Å². The molecule has 4 unspecified atom stereocenters. The third-order valence-electron chi connectivity index (χ3n) is 3.75. The Labute approximate surface area is 97.1 Å². The largest absolute Gasteiger partial charge is 0.378 e. The number of nitrogens with two attached hydrogens (primary N) is 1. The lowest BCUT2D eigenvalue weighted by Crippen LogP contribution is -2.50. The van der Waals surface area contributed by atoms with Gasteiger partial charge in [-0.3, -0.25) is 4.79 Å². The number of likely N-dealkylation sites (tertiary alicyclic amines) is 1. The average molecular weight is 226 g/mol. The van der Waals surface area contributed by atoms with Crippen LogP contribution in [0.5, 0.6) is 0 Å². The standard InChI is InChI=1S/C12H22N2O2/c1-8-5-11(13)3-4-14(8)12(15)10-6-9(2)16-7-10/h8-11H,3-7,13H2,1-2H3. The fraction of sp³-hybridized carbons (Fsp3) is 0.917. The van der Waals surface area contributed by atoms with E-state index in [-0.39, 0.29) is 30.0 Å². The zero-order valence-electron chi connectivity index (χ0n) is 10.2. The molecule has 2 aliphatic heterocycles. The van der Waals surface area contributed by atoms with Crippen LogP contribution in [0.15, 0.2) is 0 Å². The number of ether oxygens (including phenoxy) is 1. The third kappa shape index (κ3) is 2.38. The molecule has 0 aromatic heterocycles. The molecular weight excluding hydrogens is 204 g/mol. The fourth-order valence-electron chi connectivity index (χ4n) is 2.76. The van der Waals surface area contributed by atoms with E-state index >= 15 is 0 Å². The van der Waals surface area contributed by atoms with Crippen LogP contribution >= 0.6 is 0 Å². The molecule has 16 heavy (non-hydrogen) atoms. The highest BCUT2D eigenvalue weighted by atomic mass is 16.5. The molecule has 2 saturated heterocycles. The second-order valence-corrected chi connectivity index (χ2v) is 5.24. The molecular formula is C12H22N2O2. The number of piperidine rings is 1. The number of carbonyl (C=O) groups excluding carboxylic acids is 1. The number of rotatable bonds is 1. The molecule has 4 nitrogen and oxygen atoms in total. The number of hydrogen-bond acceptors (Lipinski definition) is 3. The highest BCUT2D eigenvalue weighted by molar-refractivity contribution is 5.79. The highest BCUT2D eigenvalue weighted by Gasteiger charge is 2.35. The number of nitrogens with zero attached hydrogens (tertiary/aromatic N) is 1. The Morgan fingerprint density at radius 2 is 2.12 bits per heavy atom. The van der Waals surface area contributed by atoms with Crippen molar-refractivity contribution in [2.24, 2.45) is 11.7 Å². The second-order valence-electron chi connectivity index (χ2n) is 5.24. The summed E-state index contributed by atoms with van der Waals surface area (Å²) in [5, 5.41) is 0. The summed E-state index contributed by atoms with van der Waals surface area (Å²) in [5.74, 6) is 0.343. The van der Waals surface area contributed by atoms with Crippen molar-refractivity contribution < 1.29 is 9.53 Å². The summed E-state index contributed by atoms with van der Waals surface area (Å²) in [4.78, 5) is 14.3. The molecule has 0 aromatic rings. The molecule has 1 amide bonds. The fourth-order valence-corrected chi connectivity index (χ4v) is 2.76. The predicted molar refractivity (Wildman–Crippen MR) is 61.9 cm³/mol. The van der Waals surface area contributed by atoms with Gasteiger partial charge >= 0.3 is 0 Å². The molecule has 0 radical (unpaired) electrons. The van der Waals surface area contributed by atoms with E-state index in [2.05, 4.69) is 6.92 Å². The molecule has 0 aromatic carbocycles. The molecule has 0 saturated carbocycles. The molecule has 4 heteroatoms. The SMILES string of the molecule is CC1CC(C(=O)N2CCC(N)CC2C)CO1. The Morgan fingerprint density at radius 3 is 2.69 bits per heavy atom. The van der Waals surface area contributed by atoms with E-state index in [0.29, 0.717) is 6.61 Å². The minimum atomic E-state index is 0.0757. The van der Waals surface area contributed by atoms with Crippen LogP contribution in [0.1, 0.15) is 33.1 Å². The zero-order chi connectivity index (χ0) is 11.7. The Bertz CT molecular complexity index is 270. The first-order chi connectivity index (χ1) is 7.58. The zero-order valence-corrected chi connectivity index (χ0v) is 10.2. The first-order valence-electron chi connectivity index (χ1n) is 6.25. The van der Waals surface area contributed by atoms with Crippen LogP contribution in [0.25, 0.3) is 0 Å². The van der Waals surface area contributed by atoms with Crippen molar-refractivity contribution in [2.45, 2.75) is 51.3 Å². The van der Waals surface area contributed by atoms with Gasteiger partial charge in [0.1, 0.15) is 0 Å². The van der Waals surface area contributed by atoms with Gasteiger partial charge in [-0.05, 0) is 33.1 Å². The normalized spacial score (nSPS) is 40.1. The lowest BCUT2D eigenvalue weighted by molar-refractivity contribution is -0.139. The smallest absolute Gasteiger partial charge is 0.228 e. The van der Waals surface area contributed by atoms with Crippen LogP contribution in [0.4, 0.5) is 0 Å². The van der Waals surface area contributed by atoms with E-state index in [0.717, 1.165) is 25.8 Å². The molecule has 2 N–H and O–H groups in total. The molecule has 2 rings (SSSR count). The van der Waals surface area contributed by atoms with E-state index in [1.165, 1.54) is 0 Å². The Hall–Kier alpha value is -0.610. The van der Waals surface area contributed by atoms with Crippen molar-refractivity contribution in [3.63, 3.8) is 0 Å². The summed E-state index contributed by atoms with van der Waals surface area (Å²) in [6.45, 7) is 5.53. The summed E-state index contributed by atoms with van der Waals surface area (Å²) in [7, 11) is 0. The minimum Gasteiger partial charge on any atom is -0.378 e. The van der Waals surface area contributed by atoms with E-state index in [4.69, 9.17) is 10.5 Å². The summed E-state index contributed by atoms with van der Waals surface area (Å²) in [6.07, 6.45) is 2.96. The summed E-state index contributed by atoms with van der Waals surface area (Å²) in [6, 6.07) is 0.546. The maximum Gasteiger partial charge on any atom is 0.228 e. The van der Waals surface area contributed by atoms with Crippen molar-refractivity contribution >= 4 is 5.91 Å². The van der Waals surface area contributed by atoms with Gasteiger partial charge in [0.15, 0.2) is 0 Å². The average Bonchev–Trinajstić information content (AvgIpc) is 2.64. The van der Waals surface area contributed by atoms with Gasteiger partial charge in [-0.25, -0.2) is 0 Å². The van der Waals surface area contributed by atoms with E-state index in [1.807, 2.05) is 11.8 Å². The van der Waals surface area contributed by atoms with Gasteiger partial charge in [-0.1, -0.05) is 0 Å². The van der Waals surface area contributed by atoms with Crippen molar-refractivity contribution in [1.29, 1.82) is 0 Å². The van der Waals surface area contributed by atoms with Crippen LogP contribution in [-0.4, -0.2) is 42.1 Å². The molecule has 2 aliphatic rings. The third-order valence-corrected chi connectivity index (χ3v) is 3.75. The van der Waals surface area contributed by atoms with Gasteiger partial charge in [-0.15, -0.1) is 0 Å². The van der Waals surface area contributed by atoms with Crippen LogP contribution in [-0.2, 0) is 9.53 Å². The summed E-state index contributed by atoms with van der Waals surface area (Å²) < 4.78 is 5.46. The number of amides is 1. The Morgan fingerprint density at radius 1 is 1.38 bits per heavy atom. The maximum absolute atomic E-state index is 12.3. The molecule has 0 bridgehead atoms. The van der Waals surface area contributed by atoms with Crippen molar-refractivity contribution in [1.82, 2.24) is 4.90 Å². The Kier molecular flexibility index (Phi) is 3.50. The van der Waals surface area contributed by atoms with Gasteiger partial charge in [0.2, 0.25) is 5.91 Å². The highest BCUT2D eigenvalue weighted by Crippen LogP contribution is 2.25. The second kappa shape index (κ2) is 4.72. The number of hydrogen-bond donors (Lipinski definition) is 1. The lowest BCUT2D eigenvalue weighted by atomic mass is 9.96. The monoisotopic (exact) mass is 226 g/mol. The van der Waals surface area contributed by atoms with E-state index in [1.54, 1.807) is 0 Å². The molecule has 2 fully saturated rings.